The standard InChI is InChI=1S/C11H18N8O/c1-8(20)4-2-5-13-9-15-10(18-12)17-11(16-9)19-7-3-6-14-19/h3,6-8,20H,2,4-5,12H2,1H3,(H2,13,15,16,17,18). The number of rotatable bonds is 7. The summed E-state index contributed by atoms with van der Waals surface area (Å²) in [5, 5.41) is 16.3. The molecule has 0 aromatic carbocycles. The summed E-state index contributed by atoms with van der Waals surface area (Å²) < 4.78 is 1.52. The maximum atomic E-state index is 9.19. The predicted molar refractivity (Wildman–Crippen MR) is 74.2 cm³/mol. The molecule has 2 aromatic heterocycles. The predicted octanol–water partition coefficient (Wildman–Crippen LogP) is -0.0842. The maximum Gasteiger partial charge on any atom is 0.257 e. The van der Waals surface area contributed by atoms with Crippen LogP contribution in [0.2, 0.25) is 0 Å². The van der Waals surface area contributed by atoms with Crippen LogP contribution in [-0.2, 0) is 0 Å². The van der Waals surface area contributed by atoms with Gasteiger partial charge >= 0.3 is 0 Å². The summed E-state index contributed by atoms with van der Waals surface area (Å²) in [6.07, 6.45) is 4.58. The molecule has 0 bridgehead atoms. The number of aliphatic hydroxyl groups excluding tert-OH is 1. The van der Waals surface area contributed by atoms with Crippen LogP contribution in [-0.4, -0.2) is 42.5 Å². The van der Waals surface area contributed by atoms with Crippen molar-refractivity contribution < 1.29 is 5.11 Å². The Bertz CT molecular complexity index is 527. The van der Waals surface area contributed by atoms with Crippen LogP contribution >= 0.6 is 0 Å². The molecule has 2 aromatic rings. The summed E-state index contributed by atoms with van der Waals surface area (Å²) in [6, 6.07) is 1.77. The third-order valence-electron chi connectivity index (χ3n) is 2.54. The van der Waals surface area contributed by atoms with Crippen molar-refractivity contribution in [3.63, 3.8) is 0 Å². The number of nitrogen functional groups attached to an aromatic ring is 1. The number of hydrogen-bond acceptors (Lipinski definition) is 8. The number of anilines is 2. The molecular weight excluding hydrogens is 260 g/mol. The summed E-state index contributed by atoms with van der Waals surface area (Å²) in [4.78, 5) is 12.5. The van der Waals surface area contributed by atoms with Gasteiger partial charge in [-0.3, -0.25) is 5.43 Å². The smallest absolute Gasteiger partial charge is 0.257 e. The van der Waals surface area contributed by atoms with Crippen LogP contribution in [0.1, 0.15) is 19.8 Å². The monoisotopic (exact) mass is 278 g/mol. The molecule has 0 aliphatic carbocycles. The van der Waals surface area contributed by atoms with Crippen LogP contribution in [0.5, 0.6) is 0 Å². The highest BCUT2D eigenvalue weighted by atomic mass is 16.3. The molecule has 0 radical (unpaired) electrons. The molecule has 0 fully saturated rings. The van der Waals surface area contributed by atoms with Crippen LogP contribution in [0, 0.1) is 0 Å². The Morgan fingerprint density at radius 2 is 2.15 bits per heavy atom. The van der Waals surface area contributed by atoms with Gasteiger partial charge < -0.3 is 10.4 Å². The number of aromatic nitrogens is 5. The van der Waals surface area contributed by atoms with E-state index in [1.807, 2.05) is 0 Å². The topological polar surface area (TPSA) is 127 Å². The Morgan fingerprint density at radius 1 is 1.35 bits per heavy atom. The average molecular weight is 278 g/mol. The molecule has 9 heteroatoms. The van der Waals surface area contributed by atoms with Gasteiger partial charge in [0, 0.05) is 18.9 Å². The summed E-state index contributed by atoms with van der Waals surface area (Å²) in [5.41, 5.74) is 2.40. The van der Waals surface area contributed by atoms with E-state index in [4.69, 9.17) is 5.84 Å². The van der Waals surface area contributed by atoms with Crippen LogP contribution < -0.4 is 16.6 Å². The van der Waals surface area contributed by atoms with Gasteiger partial charge in [-0.05, 0) is 25.8 Å². The SMILES string of the molecule is CC(O)CCCNc1nc(NN)nc(-n2cccn2)n1. The molecule has 2 rings (SSSR count). The van der Waals surface area contributed by atoms with Gasteiger partial charge in [0.05, 0.1) is 6.10 Å². The van der Waals surface area contributed by atoms with E-state index in [1.54, 1.807) is 25.4 Å². The summed E-state index contributed by atoms with van der Waals surface area (Å²) in [6.45, 7) is 2.41. The van der Waals surface area contributed by atoms with Gasteiger partial charge in [-0.15, -0.1) is 0 Å². The third kappa shape index (κ3) is 3.87. The van der Waals surface area contributed by atoms with Gasteiger partial charge in [-0.1, -0.05) is 0 Å². The lowest BCUT2D eigenvalue weighted by atomic mass is 10.2. The molecule has 0 saturated heterocycles. The van der Waals surface area contributed by atoms with Crippen molar-refractivity contribution >= 4 is 11.9 Å². The number of hydrazine groups is 1. The van der Waals surface area contributed by atoms with Gasteiger partial charge in [0.15, 0.2) is 0 Å². The third-order valence-corrected chi connectivity index (χ3v) is 2.54. The summed E-state index contributed by atoms with van der Waals surface area (Å²) >= 11 is 0. The highest BCUT2D eigenvalue weighted by Crippen LogP contribution is 2.08. The van der Waals surface area contributed by atoms with Crippen LogP contribution in [0.3, 0.4) is 0 Å². The molecule has 20 heavy (non-hydrogen) atoms. The van der Waals surface area contributed by atoms with Gasteiger partial charge in [-0.25, -0.2) is 10.5 Å². The highest BCUT2D eigenvalue weighted by molar-refractivity contribution is 5.36. The van der Waals surface area contributed by atoms with Crippen molar-refractivity contribution in [3.8, 4) is 5.95 Å². The van der Waals surface area contributed by atoms with Gasteiger partial charge in [-0.2, -0.15) is 20.1 Å². The van der Waals surface area contributed by atoms with Gasteiger partial charge in [0.1, 0.15) is 0 Å². The Morgan fingerprint density at radius 3 is 2.80 bits per heavy atom. The van der Waals surface area contributed by atoms with E-state index in [1.165, 1.54) is 4.68 Å². The van der Waals surface area contributed by atoms with E-state index in [-0.39, 0.29) is 12.1 Å². The number of aliphatic hydroxyl groups is 1. The lowest BCUT2D eigenvalue weighted by molar-refractivity contribution is 0.183. The van der Waals surface area contributed by atoms with E-state index in [0.717, 1.165) is 6.42 Å². The highest BCUT2D eigenvalue weighted by Gasteiger charge is 2.07. The first-order valence-corrected chi connectivity index (χ1v) is 6.33. The van der Waals surface area contributed by atoms with Crippen molar-refractivity contribution in [1.29, 1.82) is 0 Å². The molecule has 2 heterocycles. The van der Waals surface area contributed by atoms with Crippen molar-refractivity contribution in [2.24, 2.45) is 5.84 Å². The number of hydrogen-bond donors (Lipinski definition) is 4. The van der Waals surface area contributed by atoms with Crippen LogP contribution in [0.4, 0.5) is 11.9 Å². The number of nitrogens with zero attached hydrogens (tertiary/aromatic N) is 5. The Hall–Kier alpha value is -2.26. The number of nitrogens with two attached hydrogens (primary N) is 1. The van der Waals surface area contributed by atoms with Gasteiger partial charge in [0.2, 0.25) is 11.9 Å². The fourth-order valence-corrected chi connectivity index (χ4v) is 1.60. The zero-order valence-electron chi connectivity index (χ0n) is 11.2. The van der Waals surface area contributed by atoms with E-state index in [2.05, 4.69) is 30.8 Å². The molecule has 0 saturated carbocycles. The molecule has 108 valence electrons. The van der Waals surface area contributed by atoms with Crippen molar-refractivity contribution in [2.45, 2.75) is 25.9 Å². The second kappa shape index (κ2) is 6.78. The average Bonchev–Trinajstić information content (AvgIpc) is 2.97. The molecule has 9 nitrogen and oxygen atoms in total. The molecule has 0 aliphatic rings. The van der Waals surface area contributed by atoms with E-state index in [9.17, 15) is 5.11 Å². The second-order valence-electron chi connectivity index (χ2n) is 4.30. The molecule has 0 aliphatic heterocycles. The molecular formula is C11H18N8O. The normalized spacial score (nSPS) is 12.2. The van der Waals surface area contributed by atoms with E-state index in [0.29, 0.717) is 24.9 Å². The quantitative estimate of drug-likeness (QED) is 0.314. The zero-order chi connectivity index (χ0) is 14.4. The largest absolute Gasteiger partial charge is 0.393 e. The molecule has 5 N–H and O–H groups in total. The minimum atomic E-state index is -0.309. The summed E-state index contributed by atoms with van der Waals surface area (Å²) in [5.74, 6) is 6.37. The fourth-order valence-electron chi connectivity index (χ4n) is 1.60. The van der Waals surface area contributed by atoms with E-state index >= 15 is 0 Å². The molecule has 1 atom stereocenters. The minimum absolute atomic E-state index is 0.253. The van der Waals surface area contributed by atoms with E-state index < -0.39 is 0 Å². The van der Waals surface area contributed by atoms with Crippen LogP contribution in [0.25, 0.3) is 5.95 Å². The van der Waals surface area contributed by atoms with Crippen molar-refractivity contribution in [2.75, 3.05) is 17.3 Å². The first-order chi connectivity index (χ1) is 9.69. The Balaban J connectivity index is 2.06. The fraction of sp³-hybridized carbons (Fsp3) is 0.455. The Kier molecular flexibility index (Phi) is 4.80. The number of nitrogens with one attached hydrogen (secondary N) is 2. The van der Waals surface area contributed by atoms with Gasteiger partial charge in [0.25, 0.3) is 5.95 Å². The molecule has 1 unspecified atom stereocenters. The zero-order valence-corrected chi connectivity index (χ0v) is 11.2. The summed E-state index contributed by atoms with van der Waals surface area (Å²) in [7, 11) is 0. The lowest BCUT2D eigenvalue weighted by Crippen LogP contribution is -2.16. The van der Waals surface area contributed by atoms with Crippen LogP contribution in [0.15, 0.2) is 18.5 Å². The minimum Gasteiger partial charge on any atom is -0.393 e. The molecule has 0 spiro atoms. The lowest BCUT2D eigenvalue weighted by Gasteiger charge is -2.09. The van der Waals surface area contributed by atoms with Crippen molar-refractivity contribution in [3.05, 3.63) is 18.5 Å². The maximum absolute atomic E-state index is 9.19. The van der Waals surface area contributed by atoms with Crippen molar-refractivity contribution in [1.82, 2.24) is 24.7 Å². The first-order valence-electron chi connectivity index (χ1n) is 6.33. The second-order valence-corrected chi connectivity index (χ2v) is 4.30. The first kappa shape index (κ1) is 14.2. The Labute approximate surface area is 116 Å². The molecule has 0 amide bonds.